The summed E-state index contributed by atoms with van der Waals surface area (Å²) in [5, 5.41) is 3.74. The molecule has 0 saturated heterocycles. The largest absolute Gasteiger partial charge is 0.352 e. The summed E-state index contributed by atoms with van der Waals surface area (Å²) >= 11 is 1.92. The van der Waals surface area contributed by atoms with Crippen molar-refractivity contribution in [1.82, 2.24) is 5.32 Å². The number of terminal acetylenes is 1. The Morgan fingerprint density at radius 3 is 2.69 bits per heavy atom. The highest BCUT2D eigenvalue weighted by Crippen LogP contribution is 2.26. The molecule has 1 fully saturated rings. The maximum atomic E-state index is 11.6. The van der Waals surface area contributed by atoms with Crippen LogP contribution >= 0.6 is 11.8 Å². The molecular weight excluding hydrogens is 220 g/mol. The van der Waals surface area contributed by atoms with Crippen molar-refractivity contribution in [2.24, 2.45) is 5.73 Å². The highest BCUT2D eigenvalue weighted by molar-refractivity contribution is 7.99. The SMILES string of the molecule is C#CCC(N)C(=O)NC1CCC(SC)CC1. The minimum Gasteiger partial charge on any atom is -0.352 e. The van der Waals surface area contributed by atoms with E-state index in [1.165, 1.54) is 12.8 Å². The van der Waals surface area contributed by atoms with Crippen LogP contribution in [0.5, 0.6) is 0 Å². The molecule has 1 aliphatic carbocycles. The first-order chi connectivity index (χ1) is 7.67. The van der Waals surface area contributed by atoms with Gasteiger partial charge in [-0.05, 0) is 31.9 Å². The Morgan fingerprint density at radius 1 is 1.56 bits per heavy atom. The lowest BCUT2D eigenvalue weighted by atomic mass is 9.94. The Kier molecular flexibility index (Phi) is 5.72. The Balaban J connectivity index is 2.28. The lowest BCUT2D eigenvalue weighted by Crippen LogP contribution is -2.46. The van der Waals surface area contributed by atoms with E-state index in [1.807, 2.05) is 11.8 Å². The van der Waals surface area contributed by atoms with Crippen LogP contribution in [0.15, 0.2) is 0 Å². The number of amides is 1. The van der Waals surface area contributed by atoms with Crippen molar-refractivity contribution in [3.05, 3.63) is 0 Å². The van der Waals surface area contributed by atoms with Gasteiger partial charge in [-0.25, -0.2) is 0 Å². The summed E-state index contributed by atoms with van der Waals surface area (Å²) in [6.45, 7) is 0. The molecule has 1 rings (SSSR count). The average molecular weight is 240 g/mol. The van der Waals surface area contributed by atoms with E-state index in [9.17, 15) is 4.79 Å². The van der Waals surface area contributed by atoms with Crippen LogP contribution in [0.1, 0.15) is 32.1 Å². The van der Waals surface area contributed by atoms with Crippen LogP contribution in [0.25, 0.3) is 0 Å². The van der Waals surface area contributed by atoms with Gasteiger partial charge in [0, 0.05) is 17.7 Å². The topological polar surface area (TPSA) is 55.1 Å². The van der Waals surface area contributed by atoms with Crippen molar-refractivity contribution in [2.45, 2.75) is 49.4 Å². The summed E-state index contributed by atoms with van der Waals surface area (Å²) in [7, 11) is 0. The normalized spacial score (nSPS) is 26.8. The van der Waals surface area contributed by atoms with Crippen molar-refractivity contribution in [3.8, 4) is 12.3 Å². The molecule has 0 aromatic heterocycles. The van der Waals surface area contributed by atoms with Gasteiger partial charge < -0.3 is 11.1 Å². The molecule has 0 spiro atoms. The van der Waals surface area contributed by atoms with Gasteiger partial charge in [-0.2, -0.15) is 11.8 Å². The van der Waals surface area contributed by atoms with E-state index in [4.69, 9.17) is 12.2 Å². The van der Waals surface area contributed by atoms with E-state index in [0.717, 1.165) is 18.1 Å². The van der Waals surface area contributed by atoms with E-state index in [2.05, 4.69) is 17.5 Å². The number of nitrogens with two attached hydrogens (primary N) is 1. The molecule has 0 heterocycles. The second-order valence-electron chi connectivity index (χ2n) is 4.23. The molecule has 1 amide bonds. The van der Waals surface area contributed by atoms with Gasteiger partial charge in [-0.3, -0.25) is 4.79 Å². The molecule has 3 N–H and O–H groups in total. The van der Waals surface area contributed by atoms with Gasteiger partial charge >= 0.3 is 0 Å². The second kappa shape index (κ2) is 6.82. The molecule has 3 nitrogen and oxygen atoms in total. The summed E-state index contributed by atoms with van der Waals surface area (Å²) in [6.07, 6.45) is 12.0. The molecule has 90 valence electrons. The number of hydrogen-bond donors (Lipinski definition) is 2. The fraction of sp³-hybridized carbons (Fsp3) is 0.750. The molecule has 0 aromatic rings. The molecule has 0 aromatic carbocycles. The fourth-order valence-electron chi connectivity index (χ4n) is 1.97. The van der Waals surface area contributed by atoms with Gasteiger partial charge in [0.05, 0.1) is 6.04 Å². The van der Waals surface area contributed by atoms with Crippen LogP contribution < -0.4 is 11.1 Å². The number of carbonyl (C=O) groups is 1. The van der Waals surface area contributed by atoms with Gasteiger partial charge in [-0.15, -0.1) is 12.3 Å². The zero-order valence-electron chi connectivity index (χ0n) is 9.74. The monoisotopic (exact) mass is 240 g/mol. The zero-order chi connectivity index (χ0) is 12.0. The molecule has 16 heavy (non-hydrogen) atoms. The summed E-state index contributed by atoms with van der Waals surface area (Å²) in [6, 6.07) is -0.261. The first-order valence-corrected chi connectivity index (χ1v) is 6.98. The number of hydrogen-bond acceptors (Lipinski definition) is 3. The predicted octanol–water partition coefficient (Wildman–Crippen LogP) is 1.13. The summed E-state index contributed by atoms with van der Waals surface area (Å²) in [4.78, 5) is 11.6. The number of nitrogens with one attached hydrogen (secondary N) is 1. The lowest BCUT2D eigenvalue weighted by molar-refractivity contribution is -0.123. The Labute approximate surface area is 102 Å². The third kappa shape index (κ3) is 4.07. The summed E-state index contributed by atoms with van der Waals surface area (Å²) in [5.41, 5.74) is 5.64. The van der Waals surface area contributed by atoms with E-state index >= 15 is 0 Å². The van der Waals surface area contributed by atoms with Crippen LogP contribution in [0.4, 0.5) is 0 Å². The minimum absolute atomic E-state index is 0.106. The van der Waals surface area contributed by atoms with Crippen LogP contribution in [0, 0.1) is 12.3 Å². The van der Waals surface area contributed by atoms with Crippen LogP contribution in [-0.4, -0.2) is 29.5 Å². The van der Waals surface area contributed by atoms with E-state index in [0.29, 0.717) is 12.5 Å². The van der Waals surface area contributed by atoms with Gasteiger partial charge in [-0.1, -0.05) is 0 Å². The molecule has 1 atom stereocenters. The highest BCUT2D eigenvalue weighted by Gasteiger charge is 2.23. The maximum Gasteiger partial charge on any atom is 0.238 e. The fourth-order valence-corrected chi connectivity index (χ4v) is 2.71. The Hall–Kier alpha value is -0.660. The van der Waals surface area contributed by atoms with Crippen molar-refractivity contribution in [2.75, 3.05) is 6.26 Å². The first kappa shape index (κ1) is 13.4. The van der Waals surface area contributed by atoms with Gasteiger partial charge in [0.15, 0.2) is 0 Å². The molecule has 0 radical (unpaired) electrons. The smallest absolute Gasteiger partial charge is 0.238 e. The van der Waals surface area contributed by atoms with Crippen LogP contribution in [-0.2, 0) is 4.79 Å². The van der Waals surface area contributed by atoms with E-state index in [1.54, 1.807) is 0 Å². The molecule has 1 saturated carbocycles. The van der Waals surface area contributed by atoms with E-state index < -0.39 is 6.04 Å². The van der Waals surface area contributed by atoms with Crippen LogP contribution in [0.2, 0.25) is 0 Å². The first-order valence-electron chi connectivity index (χ1n) is 5.69. The molecule has 0 bridgehead atoms. The Morgan fingerprint density at radius 2 is 2.19 bits per heavy atom. The minimum atomic E-state index is -0.553. The second-order valence-corrected chi connectivity index (χ2v) is 5.37. The quantitative estimate of drug-likeness (QED) is 0.724. The van der Waals surface area contributed by atoms with Crippen molar-refractivity contribution >= 4 is 17.7 Å². The molecule has 1 unspecified atom stereocenters. The third-order valence-electron chi connectivity index (χ3n) is 3.03. The number of rotatable bonds is 4. The third-order valence-corrected chi connectivity index (χ3v) is 4.17. The molecule has 0 aliphatic heterocycles. The van der Waals surface area contributed by atoms with Gasteiger partial charge in [0.1, 0.15) is 0 Å². The summed E-state index contributed by atoms with van der Waals surface area (Å²) < 4.78 is 0. The highest BCUT2D eigenvalue weighted by atomic mass is 32.2. The molecule has 1 aliphatic rings. The number of carbonyl (C=O) groups excluding carboxylic acids is 1. The molecule has 4 heteroatoms. The van der Waals surface area contributed by atoms with E-state index in [-0.39, 0.29) is 5.91 Å². The lowest BCUT2D eigenvalue weighted by Gasteiger charge is -2.28. The summed E-state index contributed by atoms with van der Waals surface area (Å²) in [5.74, 6) is 2.31. The van der Waals surface area contributed by atoms with Crippen molar-refractivity contribution in [1.29, 1.82) is 0 Å². The van der Waals surface area contributed by atoms with Crippen molar-refractivity contribution < 1.29 is 4.79 Å². The van der Waals surface area contributed by atoms with Gasteiger partial charge in [0.2, 0.25) is 5.91 Å². The average Bonchev–Trinajstić information content (AvgIpc) is 2.30. The zero-order valence-corrected chi connectivity index (χ0v) is 10.6. The van der Waals surface area contributed by atoms with Gasteiger partial charge in [0.25, 0.3) is 0 Å². The maximum absolute atomic E-state index is 11.6. The molecular formula is C12H20N2OS. The standard InChI is InChI=1S/C12H20N2OS/c1-3-4-11(13)12(15)14-9-5-7-10(16-2)8-6-9/h1,9-11H,4-8,13H2,2H3,(H,14,15). The van der Waals surface area contributed by atoms with Crippen molar-refractivity contribution in [3.63, 3.8) is 0 Å². The Bertz CT molecular complexity index is 267. The van der Waals surface area contributed by atoms with Crippen LogP contribution in [0.3, 0.4) is 0 Å². The number of thioether (sulfide) groups is 1. The predicted molar refractivity (Wildman–Crippen MR) is 69.1 cm³/mol.